The SMILES string of the molecule is COc1cc(F)c(CC(C)[C@]23C[C@H](CC(C)=O)C(=O)C=C2OCO3)cc1O. The molecule has 0 spiro atoms. The first-order valence-corrected chi connectivity index (χ1v) is 8.84. The minimum absolute atomic E-state index is 0.00654. The molecule has 1 aromatic rings. The van der Waals surface area contributed by atoms with Crippen molar-refractivity contribution in [2.45, 2.75) is 38.7 Å². The number of rotatable bonds is 6. The van der Waals surface area contributed by atoms with Crippen LogP contribution in [0.15, 0.2) is 24.0 Å². The van der Waals surface area contributed by atoms with Gasteiger partial charge in [0.2, 0.25) is 0 Å². The first kappa shape index (κ1) is 19.4. The third kappa shape index (κ3) is 3.56. The van der Waals surface area contributed by atoms with Crippen LogP contribution in [0.3, 0.4) is 0 Å². The van der Waals surface area contributed by atoms with E-state index in [2.05, 4.69) is 0 Å². The van der Waals surface area contributed by atoms with Gasteiger partial charge in [-0.25, -0.2) is 4.39 Å². The molecule has 7 heteroatoms. The second-order valence-electron chi connectivity index (χ2n) is 7.23. The molecule has 1 unspecified atom stereocenters. The highest BCUT2D eigenvalue weighted by Crippen LogP contribution is 2.46. The molecule has 0 radical (unpaired) electrons. The molecule has 1 aliphatic heterocycles. The zero-order chi connectivity index (χ0) is 19.8. The van der Waals surface area contributed by atoms with Crippen molar-refractivity contribution >= 4 is 11.6 Å². The lowest BCUT2D eigenvalue weighted by Gasteiger charge is -2.38. The van der Waals surface area contributed by atoms with Crippen molar-refractivity contribution in [2.75, 3.05) is 13.9 Å². The Morgan fingerprint density at radius 2 is 2.22 bits per heavy atom. The first-order chi connectivity index (χ1) is 12.8. The van der Waals surface area contributed by atoms with E-state index < -0.39 is 17.3 Å². The number of hydrogen-bond acceptors (Lipinski definition) is 6. The predicted molar refractivity (Wildman–Crippen MR) is 93.7 cm³/mol. The largest absolute Gasteiger partial charge is 0.504 e. The van der Waals surface area contributed by atoms with Crippen molar-refractivity contribution in [2.24, 2.45) is 11.8 Å². The quantitative estimate of drug-likeness (QED) is 0.820. The molecule has 1 N–H and O–H groups in total. The monoisotopic (exact) mass is 378 g/mol. The molecule has 1 aromatic carbocycles. The van der Waals surface area contributed by atoms with Crippen LogP contribution in [0.2, 0.25) is 0 Å². The average molecular weight is 378 g/mol. The minimum Gasteiger partial charge on any atom is -0.504 e. The normalized spacial score (nSPS) is 25.4. The Kier molecular flexibility index (Phi) is 5.24. The van der Waals surface area contributed by atoms with E-state index in [9.17, 15) is 19.1 Å². The summed E-state index contributed by atoms with van der Waals surface area (Å²) in [5, 5.41) is 9.96. The molecule has 3 rings (SSSR count). The molecule has 3 atom stereocenters. The second kappa shape index (κ2) is 7.31. The summed E-state index contributed by atoms with van der Waals surface area (Å²) in [6.07, 6.45) is 2.10. The molecular weight excluding hydrogens is 355 g/mol. The van der Waals surface area contributed by atoms with Crippen molar-refractivity contribution in [1.82, 2.24) is 0 Å². The lowest BCUT2D eigenvalue weighted by atomic mass is 9.71. The zero-order valence-corrected chi connectivity index (χ0v) is 15.6. The van der Waals surface area contributed by atoms with Crippen LogP contribution in [0, 0.1) is 17.7 Å². The van der Waals surface area contributed by atoms with Gasteiger partial charge in [0.25, 0.3) is 0 Å². The fourth-order valence-corrected chi connectivity index (χ4v) is 3.94. The van der Waals surface area contributed by atoms with Crippen LogP contribution in [0.1, 0.15) is 32.3 Å². The van der Waals surface area contributed by atoms with E-state index in [1.54, 1.807) is 0 Å². The highest BCUT2D eigenvalue weighted by atomic mass is 19.1. The molecule has 1 saturated heterocycles. The number of methoxy groups -OCH3 is 1. The van der Waals surface area contributed by atoms with Crippen LogP contribution >= 0.6 is 0 Å². The van der Waals surface area contributed by atoms with Gasteiger partial charge in [0.1, 0.15) is 23.0 Å². The van der Waals surface area contributed by atoms with Gasteiger partial charge in [0.05, 0.1) is 7.11 Å². The fourth-order valence-electron chi connectivity index (χ4n) is 3.94. The average Bonchev–Trinajstić information content (AvgIpc) is 3.01. The number of halogens is 1. The summed E-state index contributed by atoms with van der Waals surface area (Å²) in [4.78, 5) is 23.8. The zero-order valence-electron chi connectivity index (χ0n) is 15.6. The number of phenolic OH excluding ortho intramolecular Hbond substituents is 1. The molecular formula is C20H23FO6. The van der Waals surface area contributed by atoms with Crippen LogP contribution in [0.4, 0.5) is 4.39 Å². The Morgan fingerprint density at radius 3 is 2.89 bits per heavy atom. The van der Waals surface area contributed by atoms with Crippen LogP contribution < -0.4 is 4.74 Å². The molecule has 27 heavy (non-hydrogen) atoms. The van der Waals surface area contributed by atoms with Gasteiger partial charge in [0, 0.05) is 24.5 Å². The van der Waals surface area contributed by atoms with Crippen molar-refractivity contribution in [3.8, 4) is 11.5 Å². The Bertz CT molecular complexity index is 802. The van der Waals surface area contributed by atoms with Gasteiger partial charge >= 0.3 is 0 Å². The third-order valence-corrected chi connectivity index (χ3v) is 5.38. The molecule has 2 aliphatic rings. The maximum Gasteiger partial charge on any atom is 0.189 e. The number of carbonyl (C=O) groups is 2. The first-order valence-electron chi connectivity index (χ1n) is 8.84. The minimum atomic E-state index is -0.893. The van der Waals surface area contributed by atoms with E-state index in [1.165, 1.54) is 26.2 Å². The standard InChI is InChI=1S/C20H23FO6/c1-11(4-13-6-17(24)18(25-3)7-15(13)21)20-9-14(5-12(2)22)16(23)8-19(20)26-10-27-20/h6-8,11,14,24H,4-5,9-10H2,1-3H3/t11?,14-,20+/m0/s1. The summed E-state index contributed by atoms with van der Waals surface area (Å²) in [5.74, 6) is -1.11. The van der Waals surface area contributed by atoms with Gasteiger partial charge < -0.3 is 24.1 Å². The molecule has 0 aromatic heterocycles. The third-order valence-electron chi connectivity index (χ3n) is 5.38. The number of phenols is 1. The van der Waals surface area contributed by atoms with Crippen molar-refractivity contribution in [1.29, 1.82) is 0 Å². The Balaban J connectivity index is 1.89. The van der Waals surface area contributed by atoms with Crippen LogP contribution in [0.5, 0.6) is 11.5 Å². The lowest BCUT2D eigenvalue weighted by Crippen LogP contribution is -2.45. The lowest BCUT2D eigenvalue weighted by molar-refractivity contribution is -0.128. The summed E-state index contributed by atoms with van der Waals surface area (Å²) in [6.45, 7) is 3.33. The smallest absolute Gasteiger partial charge is 0.189 e. The molecule has 0 amide bonds. The van der Waals surface area contributed by atoms with Crippen molar-refractivity contribution < 1.29 is 33.3 Å². The van der Waals surface area contributed by atoms with E-state index >= 15 is 0 Å². The van der Waals surface area contributed by atoms with E-state index in [0.717, 1.165) is 6.07 Å². The molecule has 1 fully saturated rings. The number of fused-ring (bicyclic) bond motifs is 1. The molecule has 0 bridgehead atoms. The molecule has 146 valence electrons. The number of carbonyl (C=O) groups excluding carboxylic acids is 2. The van der Waals surface area contributed by atoms with E-state index in [1.807, 2.05) is 6.92 Å². The summed E-state index contributed by atoms with van der Waals surface area (Å²) in [5.41, 5.74) is -0.583. The molecule has 0 saturated carbocycles. The number of benzene rings is 1. The maximum atomic E-state index is 14.4. The Labute approximate surface area is 156 Å². The summed E-state index contributed by atoms with van der Waals surface area (Å²) in [7, 11) is 1.35. The van der Waals surface area contributed by atoms with E-state index in [4.69, 9.17) is 14.2 Å². The van der Waals surface area contributed by atoms with Crippen molar-refractivity contribution in [3.05, 3.63) is 35.3 Å². The number of ketones is 2. The van der Waals surface area contributed by atoms with Crippen LogP contribution in [0.25, 0.3) is 0 Å². The second-order valence-corrected chi connectivity index (χ2v) is 7.23. The van der Waals surface area contributed by atoms with Gasteiger partial charge in [-0.2, -0.15) is 0 Å². The van der Waals surface area contributed by atoms with Crippen LogP contribution in [-0.4, -0.2) is 36.2 Å². The number of hydrogen-bond donors (Lipinski definition) is 1. The summed E-state index contributed by atoms with van der Waals surface area (Å²) < 4.78 is 30.7. The van der Waals surface area contributed by atoms with Crippen LogP contribution in [-0.2, 0) is 25.5 Å². The molecule has 1 aliphatic carbocycles. The summed E-state index contributed by atoms with van der Waals surface area (Å²) >= 11 is 0. The van der Waals surface area contributed by atoms with Gasteiger partial charge in [-0.05, 0) is 37.3 Å². The summed E-state index contributed by atoms with van der Waals surface area (Å²) in [6, 6.07) is 2.47. The number of Topliss-reactive ketones (excluding diaryl/α,β-unsaturated/α-hetero) is 1. The topological polar surface area (TPSA) is 82.1 Å². The van der Waals surface area contributed by atoms with Gasteiger partial charge in [-0.1, -0.05) is 6.92 Å². The van der Waals surface area contributed by atoms with E-state index in [-0.39, 0.29) is 48.6 Å². The molecule has 1 heterocycles. The Morgan fingerprint density at radius 1 is 1.48 bits per heavy atom. The maximum absolute atomic E-state index is 14.4. The van der Waals surface area contributed by atoms with Gasteiger partial charge in [-0.3, -0.25) is 4.79 Å². The fraction of sp³-hybridized carbons (Fsp3) is 0.500. The van der Waals surface area contributed by atoms with Gasteiger partial charge in [0.15, 0.2) is 24.1 Å². The number of allylic oxidation sites excluding steroid dienone is 1. The number of ether oxygens (including phenoxy) is 3. The van der Waals surface area contributed by atoms with E-state index in [0.29, 0.717) is 17.7 Å². The highest BCUT2D eigenvalue weighted by Gasteiger charge is 2.52. The van der Waals surface area contributed by atoms with Gasteiger partial charge in [-0.15, -0.1) is 0 Å². The Hall–Kier alpha value is -2.41. The van der Waals surface area contributed by atoms with Crippen molar-refractivity contribution in [3.63, 3.8) is 0 Å². The molecule has 6 nitrogen and oxygen atoms in total. The number of aromatic hydroxyl groups is 1. The highest BCUT2D eigenvalue weighted by molar-refractivity contribution is 5.96. The predicted octanol–water partition coefficient (Wildman–Crippen LogP) is 2.91.